The second-order valence-corrected chi connectivity index (χ2v) is 16.9. The molecule has 0 aliphatic carbocycles. The molecule has 12 rings (SSSR count). The van der Waals surface area contributed by atoms with Gasteiger partial charge >= 0.3 is 0 Å². The Kier molecular flexibility index (Phi) is 9.89. The largest absolute Gasteiger partial charge is 0.310 e. The summed E-state index contributed by atoms with van der Waals surface area (Å²) < 4.78 is 2.37. The van der Waals surface area contributed by atoms with E-state index >= 15 is 0 Å². The van der Waals surface area contributed by atoms with Crippen molar-refractivity contribution < 1.29 is 0 Å². The Hall–Kier alpha value is -8.72. The van der Waals surface area contributed by atoms with Gasteiger partial charge in [-0.05, 0) is 122 Å². The summed E-state index contributed by atoms with van der Waals surface area (Å²) in [5.74, 6) is 0. The molecule has 0 bridgehead atoms. The van der Waals surface area contributed by atoms with E-state index in [2.05, 4.69) is 276 Å². The molecule has 1 aromatic heterocycles. The predicted octanol–water partition coefficient (Wildman–Crippen LogP) is 17.7. The number of fused-ring (bicyclic) bond motifs is 4. The van der Waals surface area contributed by atoms with Gasteiger partial charge in [-0.2, -0.15) is 0 Å². The Balaban J connectivity index is 1.02. The van der Waals surface area contributed by atoms with Gasteiger partial charge in [0.2, 0.25) is 0 Å². The molecule has 0 spiro atoms. The van der Waals surface area contributed by atoms with Crippen LogP contribution in [0.15, 0.2) is 267 Å². The molecule has 0 saturated carbocycles. The fourth-order valence-electron chi connectivity index (χ4n) is 9.87. The summed E-state index contributed by atoms with van der Waals surface area (Å²) >= 11 is 0. The van der Waals surface area contributed by atoms with E-state index in [0.717, 1.165) is 33.9 Å². The second-order valence-electron chi connectivity index (χ2n) is 16.9. The molecule has 0 atom stereocenters. The van der Waals surface area contributed by atoms with Crippen molar-refractivity contribution in [3.8, 4) is 61.3 Å². The zero-order valence-corrected chi connectivity index (χ0v) is 36.3. The summed E-state index contributed by atoms with van der Waals surface area (Å²) in [5, 5.41) is 4.99. The van der Waals surface area contributed by atoms with Crippen molar-refractivity contribution in [1.82, 2.24) is 4.57 Å². The summed E-state index contributed by atoms with van der Waals surface area (Å²) in [6.07, 6.45) is 0. The SMILES string of the molecule is c1ccc(-c2ccccc2-c2c(-c3ccccc3)cccc2N(c2ccc(-c3ccc(-n4c5ccccc5c5ccccc54)cc3)cc2)c2cccc(-c3ccc4ccccc4c3)c2)cc1. The number of anilines is 3. The highest BCUT2D eigenvalue weighted by molar-refractivity contribution is 6.09. The molecule has 2 nitrogen and oxygen atoms in total. The molecule has 310 valence electrons. The van der Waals surface area contributed by atoms with Crippen LogP contribution in [0.5, 0.6) is 0 Å². The van der Waals surface area contributed by atoms with Gasteiger partial charge in [0.05, 0.1) is 16.7 Å². The highest BCUT2D eigenvalue weighted by atomic mass is 15.1. The van der Waals surface area contributed by atoms with Crippen molar-refractivity contribution >= 4 is 49.6 Å². The van der Waals surface area contributed by atoms with E-state index < -0.39 is 0 Å². The van der Waals surface area contributed by atoms with Gasteiger partial charge in [-0.1, -0.05) is 206 Å². The number of benzene rings is 11. The number of aromatic nitrogens is 1. The van der Waals surface area contributed by atoms with Crippen LogP contribution in [0.1, 0.15) is 0 Å². The zero-order chi connectivity index (χ0) is 43.8. The van der Waals surface area contributed by atoms with Crippen LogP contribution in [-0.4, -0.2) is 4.57 Å². The third-order valence-electron chi connectivity index (χ3n) is 13.0. The normalized spacial score (nSPS) is 11.3. The van der Waals surface area contributed by atoms with Crippen LogP contribution in [0.3, 0.4) is 0 Å². The lowest BCUT2D eigenvalue weighted by atomic mass is 9.87. The number of hydrogen-bond donors (Lipinski definition) is 0. The molecule has 2 heteroatoms. The average Bonchev–Trinajstić information content (AvgIpc) is 3.74. The number of hydrogen-bond acceptors (Lipinski definition) is 1. The predicted molar refractivity (Wildman–Crippen MR) is 280 cm³/mol. The van der Waals surface area contributed by atoms with Crippen LogP contribution >= 0.6 is 0 Å². The maximum atomic E-state index is 2.45. The molecule has 12 aromatic rings. The van der Waals surface area contributed by atoms with Crippen LogP contribution in [0.2, 0.25) is 0 Å². The Morgan fingerprint density at radius 2 is 0.773 bits per heavy atom. The number of rotatable bonds is 9. The molecular formula is C64H44N2. The minimum Gasteiger partial charge on any atom is -0.310 e. The van der Waals surface area contributed by atoms with E-state index in [-0.39, 0.29) is 0 Å². The number of para-hydroxylation sites is 2. The minimum absolute atomic E-state index is 1.07. The zero-order valence-electron chi connectivity index (χ0n) is 36.3. The van der Waals surface area contributed by atoms with E-state index in [0.29, 0.717) is 0 Å². The monoisotopic (exact) mass is 840 g/mol. The molecular weight excluding hydrogens is 797 g/mol. The lowest BCUT2D eigenvalue weighted by molar-refractivity contribution is 1.18. The molecule has 11 aromatic carbocycles. The molecule has 66 heavy (non-hydrogen) atoms. The Bertz CT molecular complexity index is 3630. The number of nitrogens with zero attached hydrogens (tertiary/aromatic N) is 2. The lowest BCUT2D eigenvalue weighted by Crippen LogP contribution is -2.12. The molecule has 0 amide bonds. The first-order valence-corrected chi connectivity index (χ1v) is 22.7. The van der Waals surface area contributed by atoms with Crippen LogP contribution in [0, 0.1) is 0 Å². The van der Waals surface area contributed by atoms with Gasteiger partial charge in [0.25, 0.3) is 0 Å². The van der Waals surface area contributed by atoms with E-state index in [1.165, 1.54) is 77.1 Å². The molecule has 0 aliphatic heterocycles. The summed E-state index contributed by atoms with van der Waals surface area (Å²) in [6, 6.07) is 97.0. The van der Waals surface area contributed by atoms with Crippen molar-refractivity contribution in [3.63, 3.8) is 0 Å². The van der Waals surface area contributed by atoms with Crippen LogP contribution in [0.25, 0.3) is 93.9 Å². The molecule has 0 unspecified atom stereocenters. The molecule has 1 heterocycles. The van der Waals surface area contributed by atoms with Crippen LogP contribution in [0.4, 0.5) is 17.1 Å². The molecule has 0 fully saturated rings. The van der Waals surface area contributed by atoms with Gasteiger partial charge in [-0.15, -0.1) is 0 Å². The Morgan fingerprint density at radius 3 is 1.47 bits per heavy atom. The summed E-state index contributed by atoms with van der Waals surface area (Å²) in [6.45, 7) is 0. The topological polar surface area (TPSA) is 8.17 Å². The Labute approximate surface area is 385 Å². The molecule has 0 saturated heterocycles. The van der Waals surface area contributed by atoms with Gasteiger partial charge in [0.1, 0.15) is 0 Å². The first kappa shape index (κ1) is 38.9. The average molecular weight is 841 g/mol. The fraction of sp³-hybridized carbons (Fsp3) is 0. The van der Waals surface area contributed by atoms with Crippen molar-refractivity contribution in [1.29, 1.82) is 0 Å². The van der Waals surface area contributed by atoms with Gasteiger partial charge < -0.3 is 9.47 Å². The highest BCUT2D eigenvalue weighted by Gasteiger charge is 2.23. The Morgan fingerprint density at radius 1 is 0.273 bits per heavy atom. The maximum absolute atomic E-state index is 2.45. The maximum Gasteiger partial charge on any atom is 0.0546 e. The quantitative estimate of drug-likeness (QED) is 0.141. The lowest BCUT2D eigenvalue weighted by Gasteiger charge is -2.30. The van der Waals surface area contributed by atoms with Crippen LogP contribution < -0.4 is 4.90 Å². The van der Waals surface area contributed by atoms with Crippen molar-refractivity contribution in [2.75, 3.05) is 4.90 Å². The van der Waals surface area contributed by atoms with Gasteiger partial charge in [-0.3, -0.25) is 0 Å². The summed E-state index contributed by atoms with van der Waals surface area (Å²) in [4.78, 5) is 2.45. The van der Waals surface area contributed by atoms with Crippen molar-refractivity contribution in [2.45, 2.75) is 0 Å². The van der Waals surface area contributed by atoms with Gasteiger partial charge in [0.15, 0.2) is 0 Å². The van der Waals surface area contributed by atoms with Crippen molar-refractivity contribution in [2.24, 2.45) is 0 Å². The highest BCUT2D eigenvalue weighted by Crippen LogP contribution is 2.48. The first-order chi connectivity index (χ1) is 32.7. The van der Waals surface area contributed by atoms with E-state index in [9.17, 15) is 0 Å². The third-order valence-corrected chi connectivity index (χ3v) is 13.0. The second kappa shape index (κ2) is 16.8. The van der Waals surface area contributed by atoms with Crippen molar-refractivity contribution in [3.05, 3.63) is 267 Å². The van der Waals surface area contributed by atoms with Crippen LogP contribution in [-0.2, 0) is 0 Å². The van der Waals surface area contributed by atoms with E-state index in [1.807, 2.05) is 0 Å². The molecule has 0 N–H and O–H groups in total. The van der Waals surface area contributed by atoms with E-state index in [1.54, 1.807) is 0 Å². The fourth-order valence-corrected chi connectivity index (χ4v) is 9.87. The smallest absolute Gasteiger partial charge is 0.0546 e. The summed E-state index contributed by atoms with van der Waals surface area (Å²) in [5.41, 5.74) is 18.5. The van der Waals surface area contributed by atoms with E-state index in [4.69, 9.17) is 0 Å². The third kappa shape index (κ3) is 7.02. The summed E-state index contributed by atoms with van der Waals surface area (Å²) in [7, 11) is 0. The first-order valence-electron chi connectivity index (χ1n) is 22.7. The minimum atomic E-state index is 1.07. The molecule has 0 aliphatic rings. The standard InChI is InChI=1S/C64H44N2/c1-3-18-48(19-4-1)56-25-9-10-28-60(56)64-57(49-20-5-2-6-21-49)29-16-32-63(64)65(55-24-15-23-51(44-55)52-34-33-45-17-7-8-22-50(45)43-52)53-39-35-46(36-40-53)47-37-41-54(42-38-47)66-61-30-13-11-26-58(61)59-27-12-14-31-62(59)66/h1-44H. The van der Waals surface area contributed by atoms with Gasteiger partial charge in [-0.25, -0.2) is 0 Å². The van der Waals surface area contributed by atoms with Gasteiger partial charge in [0, 0.05) is 33.4 Å². The molecule has 0 radical (unpaired) electrons.